The van der Waals surface area contributed by atoms with Crippen molar-refractivity contribution in [2.75, 3.05) is 18.5 Å². The van der Waals surface area contributed by atoms with E-state index in [1.165, 1.54) is 18.2 Å². The molecule has 1 aliphatic rings. The lowest BCUT2D eigenvalue weighted by Crippen LogP contribution is -2.41. The summed E-state index contributed by atoms with van der Waals surface area (Å²) in [5.74, 6) is -1.60. The zero-order valence-electron chi connectivity index (χ0n) is 13.4. The van der Waals surface area contributed by atoms with E-state index in [0.717, 1.165) is 12.1 Å². The van der Waals surface area contributed by atoms with Crippen LogP contribution >= 0.6 is 0 Å². The third-order valence-corrected chi connectivity index (χ3v) is 4.42. The van der Waals surface area contributed by atoms with Gasteiger partial charge in [-0.1, -0.05) is 0 Å². The van der Waals surface area contributed by atoms with Crippen LogP contribution in [0.5, 0.6) is 0 Å². The average Bonchev–Trinajstić information content (AvgIpc) is 2.64. The van der Waals surface area contributed by atoms with Gasteiger partial charge < -0.3 is 10.1 Å². The number of amides is 1. The van der Waals surface area contributed by atoms with Gasteiger partial charge in [-0.25, -0.2) is 14.3 Å². The van der Waals surface area contributed by atoms with Crippen LogP contribution in [0.2, 0.25) is 0 Å². The van der Waals surface area contributed by atoms with Crippen molar-refractivity contribution >= 4 is 11.6 Å². The van der Waals surface area contributed by atoms with Crippen LogP contribution in [0, 0.1) is 11.6 Å². The first kappa shape index (κ1) is 17.3. The standard InChI is InChI=1S/C18H18F2N2O3/c19-13-3-6-16(20)15(11-13)18(7-9-25-10-8-18)21-14-4-1-12(2-5-14)17(23)22-24/h1-6,11,21,24H,7-10H2,(H,22,23). The minimum absolute atomic E-state index is 0.257. The lowest BCUT2D eigenvalue weighted by molar-refractivity contribution is 0.0582. The van der Waals surface area contributed by atoms with Crippen molar-refractivity contribution in [3.05, 3.63) is 65.2 Å². The Hall–Kier alpha value is -2.51. The average molecular weight is 348 g/mol. The Labute approximate surface area is 143 Å². The molecule has 0 aromatic heterocycles. The Morgan fingerprint density at radius 1 is 1.08 bits per heavy atom. The summed E-state index contributed by atoms with van der Waals surface area (Å²) in [6, 6.07) is 9.79. The summed E-state index contributed by atoms with van der Waals surface area (Å²) in [7, 11) is 0. The van der Waals surface area contributed by atoms with Gasteiger partial charge in [-0.3, -0.25) is 10.0 Å². The SMILES string of the molecule is O=C(NO)c1ccc(NC2(c3cc(F)ccc3F)CCOCC2)cc1. The first-order valence-corrected chi connectivity index (χ1v) is 7.90. The van der Waals surface area contributed by atoms with Crippen LogP contribution in [-0.4, -0.2) is 24.3 Å². The Morgan fingerprint density at radius 3 is 2.40 bits per heavy atom. The van der Waals surface area contributed by atoms with Crippen molar-refractivity contribution in [2.24, 2.45) is 0 Å². The molecule has 0 unspecified atom stereocenters. The normalized spacial score (nSPS) is 16.3. The van der Waals surface area contributed by atoms with E-state index < -0.39 is 23.1 Å². The number of anilines is 1. The van der Waals surface area contributed by atoms with Gasteiger partial charge in [0.15, 0.2) is 0 Å². The maximum absolute atomic E-state index is 14.4. The van der Waals surface area contributed by atoms with Gasteiger partial charge in [-0.2, -0.15) is 0 Å². The molecule has 25 heavy (non-hydrogen) atoms. The summed E-state index contributed by atoms with van der Waals surface area (Å²) in [5, 5.41) is 11.9. The van der Waals surface area contributed by atoms with Gasteiger partial charge in [0.25, 0.3) is 5.91 Å². The summed E-state index contributed by atoms with van der Waals surface area (Å²) < 4.78 is 33.5. The fourth-order valence-electron chi connectivity index (χ4n) is 3.09. The predicted molar refractivity (Wildman–Crippen MR) is 87.4 cm³/mol. The van der Waals surface area contributed by atoms with Gasteiger partial charge >= 0.3 is 0 Å². The lowest BCUT2D eigenvalue weighted by atomic mass is 9.82. The van der Waals surface area contributed by atoms with Crippen LogP contribution in [0.1, 0.15) is 28.8 Å². The van der Waals surface area contributed by atoms with Crippen LogP contribution in [0.4, 0.5) is 14.5 Å². The van der Waals surface area contributed by atoms with Crippen molar-refractivity contribution < 1.29 is 23.5 Å². The summed E-state index contributed by atoms with van der Waals surface area (Å²) in [5.41, 5.74) is 1.96. The molecule has 3 N–H and O–H groups in total. The van der Waals surface area contributed by atoms with E-state index in [1.54, 1.807) is 17.6 Å². The van der Waals surface area contributed by atoms with E-state index in [-0.39, 0.29) is 11.1 Å². The van der Waals surface area contributed by atoms with E-state index >= 15 is 0 Å². The first-order chi connectivity index (χ1) is 12.0. The van der Waals surface area contributed by atoms with Gasteiger partial charge in [0.2, 0.25) is 0 Å². The highest BCUT2D eigenvalue weighted by molar-refractivity contribution is 5.93. The molecular formula is C18H18F2N2O3. The third kappa shape index (κ3) is 3.62. The fraction of sp³-hybridized carbons (Fsp3) is 0.278. The first-order valence-electron chi connectivity index (χ1n) is 7.90. The number of carbonyl (C=O) groups is 1. The topological polar surface area (TPSA) is 70.6 Å². The number of benzene rings is 2. The van der Waals surface area contributed by atoms with Crippen molar-refractivity contribution in [1.82, 2.24) is 5.48 Å². The molecule has 0 radical (unpaired) electrons. The fourth-order valence-corrected chi connectivity index (χ4v) is 3.09. The second-order valence-electron chi connectivity index (χ2n) is 5.96. The number of hydroxylamine groups is 1. The smallest absolute Gasteiger partial charge is 0.274 e. The molecule has 1 aliphatic heterocycles. The van der Waals surface area contributed by atoms with Crippen molar-refractivity contribution in [3.8, 4) is 0 Å². The molecule has 132 valence electrons. The van der Waals surface area contributed by atoms with Crippen LogP contribution in [0.25, 0.3) is 0 Å². The van der Waals surface area contributed by atoms with Crippen LogP contribution in [0.15, 0.2) is 42.5 Å². The number of ether oxygens (including phenoxy) is 1. The highest BCUT2D eigenvalue weighted by atomic mass is 19.1. The highest BCUT2D eigenvalue weighted by Gasteiger charge is 2.37. The molecule has 0 bridgehead atoms. The molecule has 0 spiro atoms. The number of nitrogens with one attached hydrogen (secondary N) is 2. The number of rotatable bonds is 4. The quantitative estimate of drug-likeness (QED) is 0.586. The number of hydrogen-bond donors (Lipinski definition) is 3. The maximum atomic E-state index is 14.4. The van der Waals surface area contributed by atoms with Crippen LogP contribution in [-0.2, 0) is 10.3 Å². The number of hydrogen-bond acceptors (Lipinski definition) is 4. The molecule has 1 amide bonds. The second kappa shape index (κ2) is 7.16. The van der Waals surface area contributed by atoms with Crippen molar-refractivity contribution in [2.45, 2.75) is 18.4 Å². The number of carbonyl (C=O) groups excluding carboxylic acids is 1. The van der Waals surface area contributed by atoms with Crippen molar-refractivity contribution in [1.29, 1.82) is 0 Å². The van der Waals surface area contributed by atoms with Gasteiger partial charge in [0.05, 0.1) is 5.54 Å². The largest absolute Gasteiger partial charge is 0.381 e. The van der Waals surface area contributed by atoms with E-state index in [4.69, 9.17) is 9.94 Å². The summed E-state index contributed by atoms with van der Waals surface area (Å²) in [4.78, 5) is 11.4. The molecule has 5 nitrogen and oxygen atoms in total. The Kier molecular flexibility index (Phi) is 4.96. The third-order valence-electron chi connectivity index (χ3n) is 4.42. The molecule has 0 aliphatic carbocycles. The molecule has 0 saturated carbocycles. The Bertz CT molecular complexity index is 759. The number of halogens is 2. The molecule has 3 rings (SSSR count). The summed E-state index contributed by atoms with van der Waals surface area (Å²) >= 11 is 0. The second-order valence-corrected chi connectivity index (χ2v) is 5.96. The maximum Gasteiger partial charge on any atom is 0.274 e. The predicted octanol–water partition coefficient (Wildman–Crippen LogP) is 3.20. The summed E-state index contributed by atoms with van der Waals surface area (Å²) in [6.45, 7) is 0.849. The van der Waals surface area contributed by atoms with Crippen molar-refractivity contribution in [3.63, 3.8) is 0 Å². The Balaban J connectivity index is 1.94. The highest BCUT2D eigenvalue weighted by Crippen LogP contribution is 2.37. The summed E-state index contributed by atoms with van der Waals surface area (Å²) in [6.07, 6.45) is 0.957. The molecule has 1 saturated heterocycles. The zero-order chi connectivity index (χ0) is 17.9. The monoisotopic (exact) mass is 348 g/mol. The minimum Gasteiger partial charge on any atom is -0.381 e. The van der Waals surface area contributed by atoms with Gasteiger partial charge in [-0.15, -0.1) is 0 Å². The molecule has 1 fully saturated rings. The van der Waals surface area contributed by atoms with Crippen LogP contribution < -0.4 is 10.8 Å². The lowest BCUT2D eigenvalue weighted by Gasteiger charge is -2.39. The van der Waals surface area contributed by atoms with E-state index in [2.05, 4.69) is 5.32 Å². The molecule has 2 aromatic rings. The minimum atomic E-state index is -0.800. The van der Waals surface area contributed by atoms with Gasteiger partial charge in [-0.05, 0) is 55.3 Å². The van der Waals surface area contributed by atoms with Gasteiger partial charge in [0, 0.05) is 30.0 Å². The molecule has 0 atom stereocenters. The van der Waals surface area contributed by atoms with E-state index in [0.29, 0.717) is 31.7 Å². The van der Waals surface area contributed by atoms with Gasteiger partial charge in [0.1, 0.15) is 11.6 Å². The van der Waals surface area contributed by atoms with Crippen LogP contribution in [0.3, 0.4) is 0 Å². The molecule has 7 heteroatoms. The molecular weight excluding hydrogens is 330 g/mol. The molecule has 1 heterocycles. The molecule has 2 aromatic carbocycles. The Morgan fingerprint density at radius 2 is 1.76 bits per heavy atom. The zero-order valence-corrected chi connectivity index (χ0v) is 13.4. The van der Waals surface area contributed by atoms with E-state index in [1.807, 2.05) is 0 Å². The van der Waals surface area contributed by atoms with E-state index in [9.17, 15) is 13.6 Å².